The molecule has 2 rings (SSSR count). The van der Waals surface area contributed by atoms with Crippen molar-refractivity contribution in [3.8, 4) is 5.75 Å². The van der Waals surface area contributed by atoms with Gasteiger partial charge in [0.1, 0.15) is 5.75 Å². The lowest BCUT2D eigenvalue weighted by Crippen LogP contribution is -2.38. The molecule has 0 unspecified atom stereocenters. The van der Waals surface area contributed by atoms with E-state index in [2.05, 4.69) is 19.2 Å². The molecule has 0 aliphatic rings. The number of hydrogen-bond acceptors (Lipinski definition) is 3. The summed E-state index contributed by atoms with van der Waals surface area (Å²) in [7, 11) is 1.63. The van der Waals surface area contributed by atoms with Gasteiger partial charge in [-0.1, -0.05) is 44.2 Å². The van der Waals surface area contributed by atoms with Crippen molar-refractivity contribution < 1.29 is 14.3 Å². The van der Waals surface area contributed by atoms with Gasteiger partial charge >= 0.3 is 0 Å². The van der Waals surface area contributed by atoms with Gasteiger partial charge < -0.3 is 15.0 Å². The number of hydrogen-bond donors (Lipinski definition) is 1. The molecule has 0 spiro atoms. The second-order valence-corrected chi connectivity index (χ2v) is 6.83. The number of ether oxygens (including phenoxy) is 1. The van der Waals surface area contributed by atoms with E-state index >= 15 is 0 Å². The standard InChI is InChI=1S/C22H28N2O3/c1-16(2)20-10-5-6-11-21(20)23-22(26)15-24(17(3)25)13-12-18-8-7-9-19(14-18)27-4/h5-11,14,16H,12-13,15H2,1-4H3,(H,23,26). The summed E-state index contributed by atoms with van der Waals surface area (Å²) in [6, 6.07) is 15.5. The molecule has 0 radical (unpaired) electrons. The fraction of sp³-hybridized carbons (Fsp3) is 0.364. The van der Waals surface area contributed by atoms with Crippen LogP contribution in [-0.2, 0) is 16.0 Å². The van der Waals surface area contributed by atoms with Crippen LogP contribution in [0.2, 0.25) is 0 Å². The van der Waals surface area contributed by atoms with Crippen LogP contribution in [0.3, 0.4) is 0 Å². The predicted molar refractivity (Wildman–Crippen MR) is 108 cm³/mol. The molecule has 2 aromatic carbocycles. The lowest BCUT2D eigenvalue weighted by molar-refractivity contribution is -0.132. The maximum absolute atomic E-state index is 12.5. The average molecular weight is 368 g/mol. The highest BCUT2D eigenvalue weighted by Crippen LogP contribution is 2.23. The monoisotopic (exact) mass is 368 g/mol. The average Bonchev–Trinajstić information content (AvgIpc) is 2.65. The molecule has 5 nitrogen and oxygen atoms in total. The number of benzene rings is 2. The van der Waals surface area contributed by atoms with Crippen molar-refractivity contribution >= 4 is 17.5 Å². The second-order valence-electron chi connectivity index (χ2n) is 6.83. The van der Waals surface area contributed by atoms with Crippen molar-refractivity contribution in [3.63, 3.8) is 0 Å². The Kier molecular flexibility index (Phi) is 7.41. The van der Waals surface area contributed by atoms with E-state index in [1.807, 2.05) is 48.5 Å². The highest BCUT2D eigenvalue weighted by Gasteiger charge is 2.15. The summed E-state index contributed by atoms with van der Waals surface area (Å²) < 4.78 is 5.23. The molecule has 2 aromatic rings. The molecule has 0 aliphatic carbocycles. The van der Waals surface area contributed by atoms with Crippen LogP contribution in [0.1, 0.15) is 37.8 Å². The van der Waals surface area contributed by atoms with Crippen LogP contribution in [0.15, 0.2) is 48.5 Å². The van der Waals surface area contributed by atoms with Crippen LogP contribution >= 0.6 is 0 Å². The van der Waals surface area contributed by atoms with Crippen LogP contribution in [0.4, 0.5) is 5.69 Å². The van der Waals surface area contributed by atoms with Crippen LogP contribution in [0, 0.1) is 0 Å². The van der Waals surface area contributed by atoms with Gasteiger partial charge in [0.2, 0.25) is 11.8 Å². The Labute approximate surface area is 161 Å². The molecular formula is C22H28N2O3. The van der Waals surface area contributed by atoms with Gasteiger partial charge in [-0.15, -0.1) is 0 Å². The van der Waals surface area contributed by atoms with Gasteiger partial charge in [-0.25, -0.2) is 0 Å². The molecule has 0 aromatic heterocycles. The van der Waals surface area contributed by atoms with E-state index in [9.17, 15) is 9.59 Å². The quantitative estimate of drug-likeness (QED) is 0.770. The number of rotatable bonds is 8. The number of anilines is 1. The van der Waals surface area contributed by atoms with E-state index in [-0.39, 0.29) is 18.4 Å². The highest BCUT2D eigenvalue weighted by atomic mass is 16.5. The molecule has 144 valence electrons. The van der Waals surface area contributed by atoms with E-state index < -0.39 is 0 Å². The van der Waals surface area contributed by atoms with E-state index in [0.29, 0.717) is 18.9 Å². The van der Waals surface area contributed by atoms with Gasteiger partial charge in [-0.3, -0.25) is 9.59 Å². The van der Waals surface area contributed by atoms with Gasteiger partial charge in [-0.05, 0) is 41.7 Å². The van der Waals surface area contributed by atoms with E-state index in [0.717, 1.165) is 22.6 Å². The fourth-order valence-electron chi connectivity index (χ4n) is 2.92. The smallest absolute Gasteiger partial charge is 0.244 e. The first-order chi connectivity index (χ1) is 12.9. The molecule has 0 atom stereocenters. The molecule has 2 amide bonds. The summed E-state index contributed by atoms with van der Waals surface area (Å²) >= 11 is 0. The van der Waals surface area contributed by atoms with Gasteiger partial charge in [-0.2, -0.15) is 0 Å². The van der Waals surface area contributed by atoms with Crippen molar-refractivity contribution in [2.75, 3.05) is 25.5 Å². The first kappa shape index (κ1) is 20.5. The summed E-state index contributed by atoms with van der Waals surface area (Å²) in [6.07, 6.45) is 0.659. The van der Waals surface area contributed by atoms with Crippen molar-refractivity contribution in [2.24, 2.45) is 0 Å². The largest absolute Gasteiger partial charge is 0.497 e. The highest BCUT2D eigenvalue weighted by molar-refractivity contribution is 5.95. The predicted octanol–water partition coefficient (Wildman–Crippen LogP) is 3.85. The van der Waals surface area contributed by atoms with Gasteiger partial charge in [0, 0.05) is 19.2 Å². The Bertz CT molecular complexity index is 787. The van der Waals surface area contributed by atoms with Gasteiger partial charge in [0.25, 0.3) is 0 Å². The van der Waals surface area contributed by atoms with Crippen LogP contribution in [0.25, 0.3) is 0 Å². The minimum Gasteiger partial charge on any atom is -0.497 e. The minimum atomic E-state index is -0.191. The molecule has 0 fully saturated rings. The Morgan fingerprint density at radius 1 is 1.11 bits per heavy atom. The molecule has 27 heavy (non-hydrogen) atoms. The van der Waals surface area contributed by atoms with Crippen LogP contribution in [0.5, 0.6) is 5.75 Å². The van der Waals surface area contributed by atoms with Crippen molar-refractivity contribution in [1.82, 2.24) is 4.90 Å². The maximum atomic E-state index is 12.5. The molecule has 5 heteroatoms. The SMILES string of the molecule is COc1cccc(CCN(CC(=O)Nc2ccccc2C(C)C)C(C)=O)c1. The zero-order chi connectivity index (χ0) is 19.8. The lowest BCUT2D eigenvalue weighted by Gasteiger charge is -2.21. The summed E-state index contributed by atoms with van der Waals surface area (Å²) in [4.78, 5) is 26.0. The number of para-hydroxylation sites is 1. The Morgan fingerprint density at radius 3 is 2.52 bits per heavy atom. The molecule has 0 aliphatic heterocycles. The first-order valence-corrected chi connectivity index (χ1v) is 9.18. The Balaban J connectivity index is 1.99. The molecular weight excluding hydrogens is 340 g/mol. The van der Waals surface area contributed by atoms with E-state index in [1.165, 1.54) is 6.92 Å². The molecule has 1 N–H and O–H groups in total. The summed E-state index contributed by atoms with van der Waals surface area (Å²) in [6.45, 7) is 6.16. The zero-order valence-corrected chi connectivity index (χ0v) is 16.5. The number of amides is 2. The van der Waals surface area contributed by atoms with Crippen molar-refractivity contribution in [3.05, 3.63) is 59.7 Å². The molecule has 0 saturated heterocycles. The third-order valence-electron chi connectivity index (χ3n) is 4.44. The first-order valence-electron chi connectivity index (χ1n) is 9.18. The topological polar surface area (TPSA) is 58.6 Å². The third-order valence-corrected chi connectivity index (χ3v) is 4.44. The van der Waals surface area contributed by atoms with Crippen LogP contribution < -0.4 is 10.1 Å². The molecule has 0 saturated carbocycles. The summed E-state index contributed by atoms with van der Waals surface area (Å²) in [5.41, 5.74) is 2.94. The summed E-state index contributed by atoms with van der Waals surface area (Å²) in [5, 5.41) is 2.94. The number of nitrogens with zero attached hydrogens (tertiary/aromatic N) is 1. The third kappa shape index (κ3) is 6.13. The summed E-state index contributed by atoms with van der Waals surface area (Å²) in [5.74, 6) is 0.775. The van der Waals surface area contributed by atoms with Crippen molar-refractivity contribution in [1.29, 1.82) is 0 Å². The number of carbonyl (C=O) groups is 2. The van der Waals surface area contributed by atoms with Gasteiger partial charge in [0.15, 0.2) is 0 Å². The normalized spacial score (nSPS) is 10.6. The number of methoxy groups -OCH3 is 1. The van der Waals surface area contributed by atoms with E-state index in [1.54, 1.807) is 12.0 Å². The Hall–Kier alpha value is -2.82. The van der Waals surface area contributed by atoms with Crippen molar-refractivity contribution in [2.45, 2.75) is 33.1 Å². The number of carbonyl (C=O) groups excluding carboxylic acids is 2. The maximum Gasteiger partial charge on any atom is 0.244 e. The minimum absolute atomic E-state index is 0.0335. The second kappa shape index (κ2) is 9.76. The fourth-order valence-corrected chi connectivity index (χ4v) is 2.92. The Morgan fingerprint density at radius 2 is 1.85 bits per heavy atom. The van der Waals surface area contributed by atoms with Crippen LogP contribution in [-0.4, -0.2) is 36.9 Å². The lowest BCUT2D eigenvalue weighted by atomic mass is 10.0. The van der Waals surface area contributed by atoms with E-state index in [4.69, 9.17) is 4.74 Å². The molecule has 0 bridgehead atoms. The zero-order valence-electron chi connectivity index (χ0n) is 16.5. The van der Waals surface area contributed by atoms with Gasteiger partial charge in [0.05, 0.1) is 13.7 Å². The molecule has 0 heterocycles. The number of nitrogens with one attached hydrogen (secondary N) is 1.